The van der Waals surface area contributed by atoms with Gasteiger partial charge < -0.3 is 0 Å². The Morgan fingerprint density at radius 2 is 1.12 bits per heavy atom. The SMILES string of the molecule is Cc1cccc(Cl)c1C.Cc1ccccc1C. The summed E-state index contributed by atoms with van der Waals surface area (Å²) < 4.78 is 0. The molecule has 17 heavy (non-hydrogen) atoms. The van der Waals surface area contributed by atoms with Crippen molar-refractivity contribution in [3.8, 4) is 0 Å². The van der Waals surface area contributed by atoms with Gasteiger partial charge in [-0.15, -0.1) is 0 Å². The molecule has 0 fully saturated rings. The fourth-order valence-corrected chi connectivity index (χ4v) is 1.60. The molecule has 0 spiro atoms. The van der Waals surface area contributed by atoms with Crippen molar-refractivity contribution in [1.82, 2.24) is 0 Å². The molecule has 0 aromatic heterocycles. The molecule has 0 N–H and O–H groups in total. The van der Waals surface area contributed by atoms with Crippen LogP contribution in [-0.4, -0.2) is 0 Å². The molecule has 90 valence electrons. The van der Waals surface area contributed by atoms with Crippen LogP contribution in [0.2, 0.25) is 5.02 Å². The first kappa shape index (κ1) is 13.8. The maximum absolute atomic E-state index is 5.81. The molecule has 0 heterocycles. The third-order valence-electron chi connectivity index (χ3n) is 2.96. The van der Waals surface area contributed by atoms with Crippen LogP contribution >= 0.6 is 11.6 Å². The largest absolute Gasteiger partial charge is 0.0840 e. The predicted octanol–water partition coefficient (Wildman–Crippen LogP) is 5.26. The van der Waals surface area contributed by atoms with E-state index in [1.807, 2.05) is 19.1 Å². The average molecular weight is 247 g/mol. The number of hydrogen-bond donors (Lipinski definition) is 0. The van der Waals surface area contributed by atoms with Crippen LogP contribution in [0.4, 0.5) is 0 Å². The lowest BCUT2D eigenvalue weighted by Crippen LogP contribution is -1.78. The molecule has 0 nitrogen and oxygen atoms in total. The van der Waals surface area contributed by atoms with Gasteiger partial charge in [0.05, 0.1) is 0 Å². The van der Waals surface area contributed by atoms with E-state index in [2.05, 4.69) is 51.1 Å². The molecular weight excluding hydrogens is 228 g/mol. The van der Waals surface area contributed by atoms with Gasteiger partial charge in [-0.1, -0.05) is 48.0 Å². The highest BCUT2D eigenvalue weighted by atomic mass is 35.5. The van der Waals surface area contributed by atoms with Gasteiger partial charge in [-0.05, 0) is 56.0 Å². The van der Waals surface area contributed by atoms with Gasteiger partial charge in [0.25, 0.3) is 0 Å². The lowest BCUT2D eigenvalue weighted by molar-refractivity contribution is 1.34. The van der Waals surface area contributed by atoms with Gasteiger partial charge in [0.15, 0.2) is 0 Å². The van der Waals surface area contributed by atoms with Crippen LogP contribution in [0.15, 0.2) is 42.5 Å². The first-order chi connectivity index (χ1) is 8.02. The Balaban J connectivity index is 0.000000171. The summed E-state index contributed by atoms with van der Waals surface area (Å²) >= 11 is 5.81. The molecule has 0 saturated carbocycles. The van der Waals surface area contributed by atoms with Crippen molar-refractivity contribution < 1.29 is 0 Å². The van der Waals surface area contributed by atoms with E-state index in [1.165, 1.54) is 22.3 Å². The van der Waals surface area contributed by atoms with E-state index in [0.29, 0.717) is 0 Å². The molecule has 2 aromatic rings. The summed E-state index contributed by atoms with van der Waals surface area (Å²) in [5.41, 5.74) is 5.17. The normalized spacial score (nSPS) is 9.47. The van der Waals surface area contributed by atoms with Gasteiger partial charge in [0.1, 0.15) is 0 Å². The zero-order valence-electron chi connectivity index (χ0n) is 10.9. The van der Waals surface area contributed by atoms with Crippen molar-refractivity contribution in [2.45, 2.75) is 27.7 Å². The summed E-state index contributed by atoms with van der Waals surface area (Å²) in [5.74, 6) is 0. The molecule has 1 heteroatoms. The zero-order chi connectivity index (χ0) is 12.8. The monoisotopic (exact) mass is 246 g/mol. The second kappa shape index (κ2) is 6.46. The first-order valence-electron chi connectivity index (χ1n) is 5.76. The Labute approximate surface area is 109 Å². The Kier molecular flexibility index (Phi) is 5.24. The second-order valence-corrected chi connectivity index (χ2v) is 4.67. The van der Waals surface area contributed by atoms with E-state index in [1.54, 1.807) is 0 Å². The Hall–Kier alpha value is -1.27. The molecule has 0 aliphatic heterocycles. The molecule has 2 rings (SSSR count). The molecule has 0 atom stereocenters. The van der Waals surface area contributed by atoms with E-state index in [0.717, 1.165) is 5.02 Å². The first-order valence-corrected chi connectivity index (χ1v) is 6.14. The van der Waals surface area contributed by atoms with Crippen LogP contribution in [0.5, 0.6) is 0 Å². The minimum Gasteiger partial charge on any atom is -0.0840 e. The van der Waals surface area contributed by atoms with Gasteiger partial charge in [-0.2, -0.15) is 0 Å². The summed E-state index contributed by atoms with van der Waals surface area (Å²) in [7, 11) is 0. The molecule has 0 saturated heterocycles. The van der Waals surface area contributed by atoms with Crippen LogP contribution < -0.4 is 0 Å². The van der Waals surface area contributed by atoms with Gasteiger partial charge in [-0.25, -0.2) is 0 Å². The van der Waals surface area contributed by atoms with Crippen LogP contribution in [0.25, 0.3) is 0 Å². The van der Waals surface area contributed by atoms with E-state index in [9.17, 15) is 0 Å². The van der Waals surface area contributed by atoms with Crippen LogP contribution in [0.3, 0.4) is 0 Å². The molecule has 0 amide bonds. The quantitative estimate of drug-likeness (QED) is 0.595. The summed E-state index contributed by atoms with van der Waals surface area (Å²) in [6.07, 6.45) is 0. The summed E-state index contributed by atoms with van der Waals surface area (Å²) in [6, 6.07) is 14.3. The maximum Gasteiger partial charge on any atom is 0.0437 e. The number of aryl methyl sites for hydroxylation is 3. The van der Waals surface area contributed by atoms with Gasteiger partial charge in [0.2, 0.25) is 0 Å². The number of hydrogen-bond acceptors (Lipinski definition) is 0. The maximum atomic E-state index is 5.81. The molecule has 0 aliphatic rings. The van der Waals surface area contributed by atoms with Crippen LogP contribution in [-0.2, 0) is 0 Å². The molecular formula is C16H19Cl. The Bertz CT molecular complexity index is 445. The topological polar surface area (TPSA) is 0 Å². The number of rotatable bonds is 0. The Morgan fingerprint density at radius 1 is 0.647 bits per heavy atom. The predicted molar refractivity (Wildman–Crippen MR) is 76.8 cm³/mol. The minimum absolute atomic E-state index is 0.856. The van der Waals surface area contributed by atoms with E-state index in [-0.39, 0.29) is 0 Å². The minimum atomic E-state index is 0.856. The number of halogens is 1. The molecule has 0 bridgehead atoms. The van der Waals surface area contributed by atoms with Crippen molar-refractivity contribution in [3.05, 3.63) is 69.7 Å². The summed E-state index contributed by atoms with van der Waals surface area (Å²) in [4.78, 5) is 0. The highest BCUT2D eigenvalue weighted by Gasteiger charge is 1.94. The summed E-state index contributed by atoms with van der Waals surface area (Å²) in [5, 5.41) is 0.856. The van der Waals surface area contributed by atoms with E-state index >= 15 is 0 Å². The highest BCUT2D eigenvalue weighted by molar-refractivity contribution is 6.31. The third-order valence-corrected chi connectivity index (χ3v) is 3.37. The lowest BCUT2D eigenvalue weighted by Gasteiger charge is -1.98. The molecule has 0 unspecified atom stereocenters. The molecule has 0 radical (unpaired) electrons. The fraction of sp³-hybridized carbons (Fsp3) is 0.250. The average Bonchev–Trinajstić information content (AvgIpc) is 2.31. The van der Waals surface area contributed by atoms with Crippen LogP contribution in [0, 0.1) is 27.7 Å². The smallest absolute Gasteiger partial charge is 0.0437 e. The number of benzene rings is 2. The third kappa shape index (κ3) is 4.24. The van der Waals surface area contributed by atoms with Crippen molar-refractivity contribution in [1.29, 1.82) is 0 Å². The van der Waals surface area contributed by atoms with Crippen molar-refractivity contribution in [3.63, 3.8) is 0 Å². The van der Waals surface area contributed by atoms with E-state index in [4.69, 9.17) is 11.6 Å². The molecule has 2 aromatic carbocycles. The zero-order valence-corrected chi connectivity index (χ0v) is 11.7. The van der Waals surface area contributed by atoms with Crippen LogP contribution in [0.1, 0.15) is 22.3 Å². The molecule has 0 aliphatic carbocycles. The standard InChI is InChI=1S/C8H9Cl.C8H10/c1-6-4-3-5-8(9)7(6)2;1-7-5-3-4-6-8(7)2/h3-5H,1-2H3;3-6H,1-2H3. The van der Waals surface area contributed by atoms with Crippen molar-refractivity contribution in [2.24, 2.45) is 0 Å². The summed E-state index contributed by atoms with van der Waals surface area (Å²) in [6.45, 7) is 8.32. The Morgan fingerprint density at radius 3 is 1.47 bits per heavy atom. The van der Waals surface area contributed by atoms with Crippen molar-refractivity contribution in [2.75, 3.05) is 0 Å². The fourth-order valence-electron chi connectivity index (χ4n) is 1.38. The van der Waals surface area contributed by atoms with Crippen molar-refractivity contribution >= 4 is 11.6 Å². The van der Waals surface area contributed by atoms with Gasteiger partial charge in [0, 0.05) is 5.02 Å². The lowest BCUT2D eigenvalue weighted by atomic mass is 10.1. The van der Waals surface area contributed by atoms with Gasteiger partial charge >= 0.3 is 0 Å². The van der Waals surface area contributed by atoms with Gasteiger partial charge in [-0.3, -0.25) is 0 Å². The second-order valence-electron chi connectivity index (χ2n) is 4.27. The highest BCUT2D eigenvalue weighted by Crippen LogP contribution is 2.16. The van der Waals surface area contributed by atoms with E-state index < -0.39 is 0 Å².